The van der Waals surface area contributed by atoms with Gasteiger partial charge in [0.25, 0.3) is 0 Å². The fraction of sp³-hybridized carbons (Fsp3) is 0.615. The van der Waals surface area contributed by atoms with Crippen LogP contribution < -0.4 is 10.6 Å². The third-order valence-corrected chi connectivity index (χ3v) is 3.36. The molecule has 1 fully saturated rings. The summed E-state index contributed by atoms with van der Waals surface area (Å²) in [6, 6.07) is -1.62. The molecule has 1 aliphatic rings. The second-order valence-corrected chi connectivity index (χ2v) is 5.04. The Labute approximate surface area is 122 Å². The molecule has 2 rings (SSSR count). The molecule has 2 heterocycles. The summed E-state index contributed by atoms with van der Waals surface area (Å²) in [5.41, 5.74) is 0.430. The number of aromatic nitrogens is 2. The van der Waals surface area contributed by atoms with Gasteiger partial charge in [0.1, 0.15) is 0 Å². The Balaban J connectivity index is 1.79. The number of amides is 2. The molecule has 8 nitrogen and oxygen atoms in total. The summed E-state index contributed by atoms with van der Waals surface area (Å²) < 4.78 is 6.94. The Morgan fingerprint density at radius 1 is 1.62 bits per heavy atom. The van der Waals surface area contributed by atoms with Crippen LogP contribution in [-0.2, 0) is 16.6 Å². The zero-order valence-corrected chi connectivity index (χ0v) is 11.9. The van der Waals surface area contributed by atoms with Crippen LogP contribution in [0.3, 0.4) is 0 Å². The van der Waals surface area contributed by atoms with Crippen LogP contribution in [0.25, 0.3) is 0 Å². The topological polar surface area (TPSA) is 105 Å². The lowest BCUT2D eigenvalue weighted by molar-refractivity contribution is -0.139. The second kappa shape index (κ2) is 7.07. The first-order valence-corrected chi connectivity index (χ1v) is 6.93. The van der Waals surface area contributed by atoms with Crippen molar-refractivity contribution < 1.29 is 19.4 Å². The quantitative estimate of drug-likeness (QED) is 0.705. The van der Waals surface area contributed by atoms with Gasteiger partial charge in [0.2, 0.25) is 0 Å². The summed E-state index contributed by atoms with van der Waals surface area (Å²) in [4.78, 5) is 23.0. The lowest BCUT2D eigenvalue weighted by atomic mass is 10.1. The van der Waals surface area contributed by atoms with Crippen LogP contribution in [0.15, 0.2) is 12.4 Å². The molecule has 2 atom stereocenters. The first kappa shape index (κ1) is 15.3. The monoisotopic (exact) mass is 296 g/mol. The molecule has 0 aliphatic carbocycles. The Kier molecular flexibility index (Phi) is 5.15. The largest absolute Gasteiger partial charge is 0.479 e. The molecule has 116 valence electrons. The van der Waals surface area contributed by atoms with E-state index in [2.05, 4.69) is 15.7 Å². The number of carboxylic acids is 1. The number of carbonyl (C=O) groups is 2. The molecule has 1 aromatic rings. The zero-order chi connectivity index (χ0) is 15.2. The normalized spacial score (nSPS) is 19.2. The summed E-state index contributed by atoms with van der Waals surface area (Å²) in [5.74, 6) is -1.13. The summed E-state index contributed by atoms with van der Waals surface area (Å²) in [6.07, 6.45) is 5.98. The summed E-state index contributed by atoms with van der Waals surface area (Å²) >= 11 is 0. The van der Waals surface area contributed by atoms with E-state index in [1.54, 1.807) is 13.2 Å². The maximum absolute atomic E-state index is 11.8. The second-order valence-electron chi connectivity index (χ2n) is 5.04. The molecule has 0 saturated carbocycles. The number of aryl methyl sites for hydroxylation is 1. The number of nitrogens with one attached hydrogen (secondary N) is 2. The molecule has 3 N–H and O–H groups in total. The number of urea groups is 1. The maximum atomic E-state index is 11.8. The molecule has 0 bridgehead atoms. The van der Waals surface area contributed by atoms with Crippen molar-refractivity contribution in [2.45, 2.75) is 31.4 Å². The number of ether oxygens (including phenoxy) is 1. The molecule has 2 amide bonds. The van der Waals surface area contributed by atoms with Gasteiger partial charge in [-0.1, -0.05) is 0 Å². The third-order valence-electron chi connectivity index (χ3n) is 3.36. The molecule has 21 heavy (non-hydrogen) atoms. The summed E-state index contributed by atoms with van der Waals surface area (Å²) in [6.45, 7) is 1.23. The summed E-state index contributed by atoms with van der Waals surface area (Å²) in [5, 5.41) is 18.2. The van der Waals surface area contributed by atoms with Gasteiger partial charge >= 0.3 is 12.0 Å². The maximum Gasteiger partial charge on any atom is 0.331 e. The van der Waals surface area contributed by atoms with Gasteiger partial charge in [-0.05, 0) is 19.3 Å². The standard InChI is InChI=1S/C13H20N4O4/c1-17-8-9(7-15-17)11(12(18)19)16-13(20)14-5-4-10-3-2-6-21-10/h7-8,10-11H,2-6H2,1H3,(H,18,19)(H2,14,16,20). The van der Waals surface area contributed by atoms with Crippen molar-refractivity contribution in [3.05, 3.63) is 18.0 Å². The number of hydrogen-bond donors (Lipinski definition) is 3. The van der Waals surface area contributed by atoms with Crippen molar-refractivity contribution in [1.29, 1.82) is 0 Å². The SMILES string of the molecule is Cn1cc(C(NC(=O)NCCC2CCCO2)C(=O)O)cn1. The van der Waals surface area contributed by atoms with Crippen LogP contribution >= 0.6 is 0 Å². The Hall–Kier alpha value is -2.09. The van der Waals surface area contributed by atoms with Gasteiger partial charge in [-0.25, -0.2) is 9.59 Å². The van der Waals surface area contributed by atoms with E-state index in [1.807, 2.05) is 0 Å². The molecule has 0 spiro atoms. The third kappa shape index (κ3) is 4.45. The molecule has 2 unspecified atom stereocenters. The molecule has 1 aliphatic heterocycles. The van der Waals surface area contributed by atoms with E-state index >= 15 is 0 Å². The van der Waals surface area contributed by atoms with E-state index in [4.69, 9.17) is 4.74 Å². The lowest BCUT2D eigenvalue weighted by Crippen LogP contribution is -2.41. The van der Waals surface area contributed by atoms with E-state index in [-0.39, 0.29) is 6.10 Å². The number of nitrogens with zero attached hydrogens (tertiary/aromatic N) is 2. The number of hydrogen-bond acceptors (Lipinski definition) is 4. The highest BCUT2D eigenvalue weighted by Gasteiger charge is 2.23. The first-order valence-electron chi connectivity index (χ1n) is 6.93. The van der Waals surface area contributed by atoms with Crippen molar-refractivity contribution in [2.24, 2.45) is 7.05 Å². The van der Waals surface area contributed by atoms with Gasteiger partial charge in [-0.2, -0.15) is 5.10 Å². The van der Waals surface area contributed by atoms with Crippen LogP contribution in [0, 0.1) is 0 Å². The molecule has 1 saturated heterocycles. The van der Waals surface area contributed by atoms with E-state index in [9.17, 15) is 14.7 Å². The minimum Gasteiger partial charge on any atom is -0.479 e. The Morgan fingerprint density at radius 2 is 2.43 bits per heavy atom. The molecule has 8 heteroatoms. The van der Waals surface area contributed by atoms with Gasteiger partial charge < -0.3 is 20.5 Å². The zero-order valence-electron chi connectivity index (χ0n) is 11.9. The molecular formula is C13H20N4O4. The number of aliphatic carboxylic acids is 1. The van der Waals surface area contributed by atoms with Crippen molar-refractivity contribution >= 4 is 12.0 Å². The summed E-state index contributed by atoms with van der Waals surface area (Å²) in [7, 11) is 1.68. The predicted molar refractivity (Wildman–Crippen MR) is 73.7 cm³/mol. The molecular weight excluding hydrogens is 276 g/mol. The Bertz CT molecular complexity index is 496. The minimum atomic E-state index is -1.13. The van der Waals surface area contributed by atoms with E-state index < -0.39 is 18.0 Å². The Morgan fingerprint density at radius 3 is 3.00 bits per heavy atom. The van der Waals surface area contributed by atoms with Crippen molar-refractivity contribution in [3.8, 4) is 0 Å². The highest BCUT2D eigenvalue weighted by molar-refractivity contribution is 5.83. The lowest BCUT2D eigenvalue weighted by Gasteiger charge is -2.14. The van der Waals surface area contributed by atoms with Gasteiger partial charge in [0, 0.05) is 32.0 Å². The number of carboxylic acid groups (broad SMARTS) is 1. The fourth-order valence-corrected chi connectivity index (χ4v) is 2.28. The average Bonchev–Trinajstić information content (AvgIpc) is 3.07. The minimum absolute atomic E-state index is 0.193. The van der Waals surface area contributed by atoms with Crippen molar-refractivity contribution in [1.82, 2.24) is 20.4 Å². The van der Waals surface area contributed by atoms with Crippen LogP contribution in [0.5, 0.6) is 0 Å². The van der Waals surface area contributed by atoms with Crippen LogP contribution in [-0.4, -0.2) is 46.1 Å². The van der Waals surface area contributed by atoms with Crippen molar-refractivity contribution in [2.75, 3.05) is 13.2 Å². The van der Waals surface area contributed by atoms with E-state index in [1.165, 1.54) is 10.9 Å². The van der Waals surface area contributed by atoms with Crippen LogP contribution in [0.4, 0.5) is 4.79 Å². The van der Waals surface area contributed by atoms with Gasteiger partial charge in [0.05, 0.1) is 12.3 Å². The number of carbonyl (C=O) groups excluding carboxylic acids is 1. The highest BCUT2D eigenvalue weighted by Crippen LogP contribution is 2.14. The molecule has 0 aromatic carbocycles. The predicted octanol–water partition coefficient (Wildman–Crippen LogP) is 0.414. The van der Waals surface area contributed by atoms with Gasteiger partial charge in [-0.15, -0.1) is 0 Å². The van der Waals surface area contributed by atoms with E-state index in [0.29, 0.717) is 12.1 Å². The molecule has 0 radical (unpaired) electrons. The van der Waals surface area contributed by atoms with Crippen LogP contribution in [0.1, 0.15) is 30.9 Å². The smallest absolute Gasteiger partial charge is 0.331 e. The van der Waals surface area contributed by atoms with Gasteiger partial charge in [0.15, 0.2) is 6.04 Å². The fourth-order valence-electron chi connectivity index (χ4n) is 2.28. The average molecular weight is 296 g/mol. The van der Waals surface area contributed by atoms with Gasteiger partial charge in [-0.3, -0.25) is 4.68 Å². The van der Waals surface area contributed by atoms with Crippen LogP contribution in [0.2, 0.25) is 0 Å². The number of rotatable bonds is 6. The molecule has 1 aromatic heterocycles. The van der Waals surface area contributed by atoms with Crippen molar-refractivity contribution in [3.63, 3.8) is 0 Å². The first-order chi connectivity index (χ1) is 10.1. The van der Waals surface area contributed by atoms with E-state index in [0.717, 1.165) is 25.9 Å². The highest BCUT2D eigenvalue weighted by atomic mass is 16.5.